The van der Waals surface area contributed by atoms with Crippen molar-refractivity contribution in [1.29, 1.82) is 0 Å². The highest BCUT2D eigenvalue weighted by Gasteiger charge is 2.29. The standard InChI is InChI=1S/C22H40N2/c1-15-9-17(3)21(18(4)10-15)13-23-7-8-24-14-22-19(5)11-16(2)12-20(22)6/h9,11,17-24H,7-8,10,12-14H2,1-6H3/p+2/t17-,18-,19+,20-,21+,22+/m1/s1. The number of rotatable bonds is 7. The lowest BCUT2D eigenvalue weighted by molar-refractivity contribution is -0.729. The number of hydrogen-bond acceptors (Lipinski definition) is 0. The molecule has 2 nitrogen and oxygen atoms in total. The Morgan fingerprint density at radius 3 is 1.46 bits per heavy atom. The molecule has 0 saturated carbocycles. The molecule has 0 saturated heterocycles. The van der Waals surface area contributed by atoms with Gasteiger partial charge in [-0.2, -0.15) is 0 Å². The molecule has 2 aliphatic rings. The Kier molecular flexibility index (Phi) is 7.56. The van der Waals surface area contributed by atoms with Crippen LogP contribution in [0, 0.1) is 35.5 Å². The van der Waals surface area contributed by atoms with Gasteiger partial charge in [-0.1, -0.05) is 51.0 Å². The van der Waals surface area contributed by atoms with E-state index >= 15 is 0 Å². The zero-order chi connectivity index (χ0) is 17.7. The SMILES string of the molecule is CC1=C[C@H](C)[C@H](C[NH2+]CC[NH2+]C[C@H]2[C@H](C)C=C(C)C[C@H]2C)[C@H](C)C1. The van der Waals surface area contributed by atoms with Crippen LogP contribution in [-0.4, -0.2) is 26.2 Å². The summed E-state index contributed by atoms with van der Waals surface area (Å²) in [6, 6.07) is 0. The summed E-state index contributed by atoms with van der Waals surface area (Å²) in [5.41, 5.74) is 3.19. The Balaban J connectivity index is 1.62. The van der Waals surface area contributed by atoms with Crippen molar-refractivity contribution >= 4 is 0 Å². The third kappa shape index (κ3) is 5.46. The van der Waals surface area contributed by atoms with Gasteiger partial charge in [-0.25, -0.2) is 0 Å². The Labute approximate surface area is 150 Å². The highest BCUT2D eigenvalue weighted by molar-refractivity contribution is 5.08. The van der Waals surface area contributed by atoms with Crippen LogP contribution < -0.4 is 10.6 Å². The lowest BCUT2D eigenvalue weighted by Gasteiger charge is -2.32. The molecule has 0 heterocycles. The van der Waals surface area contributed by atoms with Gasteiger partial charge in [0.1, 0.15) is 13.1 Å². The third-order valence-corrected chi connectivity index (χ3v) is 6.65. The number of quaternary nitrogens is 2. The van der Waals surface area contributed by atoms with Crippen molar-refractivity contribution in [1.82, 2.24) is 0 Å². The molecule has 0 amide bonds. The minimum absolute atomic E-state index is 0.757. The molecule has 0 aromatic rings. The van der Waals surface area contributed by atoms with Crippen molar-refractivity contribution in [2.24, 2.45) is 35.5 Å². The molecule has 0 aromatic carbocycles. The van der Waals surface area contributed by atoms with Crippen molar-refractivity contribution in [3.8, 4) is 0 Å². The summed E-state index contributed by atoms with van der Waals surface area (Å²) in [5, 5.41) is 5.14. The van der Waals surface area contributed by atoms with Gasteiger partial charge >= 0.3 is 0 Å². The van der Waals surface area contributed by atoms with E-state index in [-0.39, 0.29) is 0 Å². The zero-order valence-corrected chi connectivity index (χ0v) is 17.0. The van der Waals surface area contributed by atoms with Gasteiger partial charge in [0.25, 0.3) is 0 Å². The fraction of sp³-hybridized carbons (Fsp3) is 0.818. The van der Waals surface area contributed by atoms with Crippen LogP contribution in [0.5, 0.6) is 0 Å². The Morgan fingerprint density at radius 1 is 0.750 bits per heavy atom. The second kappa shape index (κ2) is 9.20. The van der Waals surface area contributed by atoms with Gasteiger partial charge in [0.15, 0.2) is 0 Å². The van der Waals surface area contributed by atoms with Crippen LogP contribution in [0.15, 0.2) is 23.3 Å². The molecule has 2 rings (SSSR count). The lowest BCUT2D eigenvalue weighted by atomic mass is 9.75. The Hall–Kier alpha value is -0.600. The molecule has 2 aliphatic carbocycles. The largest absolute Gasteiger partial charge is 0.341 e. The van der Waals surface area contributed by atoms with Crippen LogP contribution in [-0.2, 0) is 0 Å². The lowest BCUT2D eigenvalue weighted by Crippen LogP contribution is -2.96. The second-order valence-corrected chi connectivity index (χ2v) is 9.06. The summed E-state index contributed by atoms with van der Waals surface area (Å²) in [7, 11) is 0. The average Bonchev–Trinajstić information content (AvgIpc) is 2.46. The quantitative estimate of drug-likeness (QED) is 0.530. The van der Waals surface area contributed by atoms with Crippen LogP contribution in [0.3, 0.4) is 0 Å². The molecular weight excluding hydrogens is 292 g/mol. The summed E-state index contributed by atoms with van der Waals surface area (Å²) in [6.45, 7) is 19.4. The minimum Gasteiger partial charge on any atom is -0.341 e. The van der Waals surface area contributed by atoms with Crippen LogP contribution in [0.1, 0.15) is 54.4 Å². The van der Waals surface area contributed by atoms with Gasteiger partial charge in [0, 0.05) is 11.8 Å². The van der Waals surface area contributed by atoms with Crippen molar-refractivity contribution in [3.05, 3.63) is 23.3 Å². The number of allylic oxidation sites excluding steroid dienone is 4. The van der Waals surface area contributed by atoms with E-state index in [1.807, 2.05) is 0 Å². The Morgan fingerprint density at radius 2 is 1.12 bits per heavy atom. The summed E-state index contributed by atoms with van der Waals surface area (Å²) in [6.07, 6.45) is 7.62. The summed E-state index contributed by atoms with van der Waals surface area (Å²) in [4.78, 5) is 0. The molecule has 0 aliphatic heterocycles. The van der Waals surface area contributed by atoms with Gasteiger partial charge in [0.05, 0.1) is 13.1 Å². The normalized spacial score (nSPS) is 37.1. The molecule has 4 N–H and O–H groups in total. The maximum atomic E-state index is 2.57. The molecule has 2 heteroatoms. The van der Waals surface area contributed by atoms with E-state index in [4.69, 9.17) is 0 Å². The van der Waals surface area contributed by atoms with E-state index in [0.717, 1.165) is 35.5 Å². The molecule has 0 bridgehead atoms. The van der Waals surface area contributed by atoms with Crippen LogP contribution in [0.2, 0.25) is 0 Å². The maximum Gasteiger partial charge on any atom is 0.125 e. The fourth-order valence-corrected chi connectivity index (χ4v) is 5.39. The van der Waals surface area contributed by atoms with Crippen LogP contribution in [0.4, 0.5) is 0 Å². The average molecular weight is 335 g/mol. The first-order valence-electron chi connectivity index (χ1n) is 10.4. The predicted octanol–water partition coefficient (Wildman–Crippen LogP) is 2.59. The first-order chi connectivity index (χ1) is 11.4. The molecule has 6 atom stereocenters. The Bertz CT molecular complexity index is 409. The maximum absolute atomic E-state index is 2.57. The molecule has 0 fully saturated rings. The summed E-state index contributed by atoms with van der Waals surface area (Å²) in [5.74, 6) is 4.94. The van der Waals surface area contributed by atoms with Gasteiger partial charge in [-0.3, -0.25) is 0 Å². The highest BCUT2D eigenvalue weighted by atomic mass is 14.9. The number of nitrogens with two attached hydrogens (primary N) is 2. The van der Waals surface area contributed by atoms with Crippen molar-refractivity contribution in [2.75, 3.05) is 26.2 Å². The van der Waals surface area contributed by atoms with Crippen molar-refractivity contribution in [3.63, 3.8) is 0 Å². The topological polar surface area (TPSA) is 33.2 Å². The van der Waals surface area contributed by atoms with E-state index < -0.39 is 0 Å². The summed E-state index contributed by atoms with van der Waals surface area (Å²) < 4.78 is 0. The second-order valence-electron chi connectivity index (χ2n) is 9.06. The number of hydrogen-bond donors (Lipinski definition) is 2. The molecule has 0 unspecified atom stereocenters. The van der Waals surface area contributed by atoms with E-state index in [2.05, 4.69) is 64.3 Å². The third-order valence-electron chi connectivity index (χ3n) is 6.65. The van der Waals surface area contributed by atoms with Gasteiger partial charge in [-0.05, 0) is 50.4 Å². The molecule has 0 spiro atoms. The van der Waals surface area contributed by atoms with E-state index in [0.29, 0.717) is 0 Å². The minimum atomic E-state index is 0.757. The van der Waals surface area contributed by atoms with E-state index in [9.17, 15) is 0 Å². The van der Waals surface area contributed by atoms with E-state index in [1.165, 1.54) is 39.0 Å². The van der Waals surface area contributed by atoms with Crippen LogP contribution in [0.25, 0.3) is 0 Å². The first-order valence-corrected chi connectivity index (χ1v) is 10.4. The first kappa shape index (κ1) is 19.7. The summed E-state index contributed by atoms with van der Waals surface area (Å²) >= 11 is 0. The smallest absolute Gasteiger partial charge is 0.125 e. The monoisotopic (exact) mass is 334 g/mol. The van der Waals surface area contributed by atoms with Crippen molar-refractivity contribution < 1.29 is 10.6 Å². The fourth-order valence-electron chi connectivity index (χ4n) is 5.39. The highest BCUT2D eigenvalue weighted by Crippen LogP contribution is 2.33. The predicted molar refractivity (Wildman–Crippen MR) is 104 cm³/mol. The molecule has 0 aromatic heterocycles. The molecule has 138 valence electrons. The zero-order valence-electron chi connectivity index (χ0n) is 17.0. The van der Waals surface area contributed by atoms with Gasteiger partial charge in [-0.15, -0.1) is 0 Å². The van der Waals surface area contributed by atoms with Crippen molar-refractivity contribution in [2.45, 2.75) is 54.4 Å². The van der Waals surface area contributed by atoms with Gasteiger partial charge < -0.3 is 10.6 Å². The van der Waals surface area contributed by atoms with Crippen LogP contribution >= 0.6 is 0 Å². The molecule has 0 radical (unpaired) electrons. The van der Waals surface area contributed by atoms with E-state index in [1.54, 1.807) is 11.1 Å². The molecular formula is C22H42N2+2. The molecule has 24 heavy (non-hydrogen) atoms. The van der Waals surface area contributed by atoms with Gasteiger partial charge in [0.2, 0.25) is 0 Å².